The maximum atomic E-state index is 12.6. The molecule has 3 rings (SSSR count). The van der Waals surface area contributed by atoms with Gasteiger partial charge in [0.1, 0.15) is 12.4 Å². The second-order valence-electron chi connectivity index (χ2n) is 6.95. The van der Waals surface area contributed by atoms with Crippen LogP contribution in [-0.4, -0.2) is 38.1 Å². The standard InChI is InChI=1S/C22H23N3O6S/c1-16-8-10-19(11-9-16)32(28,29)25(2)14-20(26)23-24-22(27)21-17(12-13-30-21)15-31-18-6-4-3-5-7-18/h3-13H,14-15H2,1-2H3,(H,23,26)(H,24,27). The number of hydrogen-bond donors (Lipinski definition) is 2. The Hall–Kier alpha value is -3.63. The van der Waals surface area contributed by atoms with E-state index in [2.05, 4.69) is 10.9 Å². The molecule has 2 aromatic carbocycles. The smallest absolute Gasteiger partial charge is 0.305 e. The van der Waals surface area contributed by atoms with Crippen LogP contribution in [0.15, 0.2) is 76.2 Å². The maximum Gasteiger partial charge on any atom is 0.305 e. The number of rotatable bonds is 8. The third-order valence-corrected chi connectivity index (χ3v) is 6.32. The summed E-state index contributed by atoms with van der Waals surface area (Å²) < 4.78 is 36.8. The number of carbonyl (C=O) groups excluding carboxylic acids is 2. The van der Waals surface area contributed by atoms with E-state index in [9.17, 15) is 18.0 Å². The first kappa shape index (κ1) is 23.0. The number of sulfonamides is 1. The predicted octanol–water partition coefficient (Wildman–Crippen LogP) is 2.25. The molecule has 2 amide bonds. The van der Waals surface area contributed by atoms with Crippen molar-refractivity contribution in [2.75, 3.05) is 13.6 Å². The Morgan fingerprint density at radius 1 is 1.00 bits per heavy atom. The molecule has 9 nitrogen and oxygen atoms in total. The van der Waals surface area contributed by atoms with Crippen molar-refractivity contribution in [1.82, 2.24) is 15.2 Å². The van der Waals surface area contributed by atoms with Crippen molar-refractivity contribution in [3.05, 3.63) is 83.8 Å². The van der Waals surface area contributed by atoms with Gasteiger partial charge in [-0.05, 0) is 37.3 Å². The molecule has 0 aliphatic heterocycles. The average molecular weight is 458 g/mol. The highest BCUT2D eigenvalue weighted by molar-refractivity contribution is 7.89. The van der Waals surface area contributed by atoms with E-state index in [-0.39, 0.29) is 17.3 Å². The monoisotopic (exact) mass is 457 g/mol. The highest BCUT2D eigenvalue weighted by Gasteiger charge is 2.23. The van der Waals surface area contributed by atoms with E-state index >= 15 is 0 Å². The molecule has 0 fully saturated rings. The van der Waals surface area contributed by atoms with Crippen molar-refractivity contribution >= 4 is 21.8 Å². The second-order valence-corrected chi connectivity index (χ2v) is 9.00. The zero-order chi connectivity index (χ0) is 23.1. The van der Waals surface area contributed by atoms with Gasteiger partial charge < -0.3 is 9.15 Å². The van der Waals surface area contributed by atoms with Crippen molar-refractivity contribution in [1.29, 1.82) is 0 Å². The van der Waals surface area contributed by atoms with E-state index in [0.29, 0.717) is 11.3 Å². The fraction of sp³-hybridized carbons (Fsp3) is 0.182. The zero-order valence-electron chi connectivity index (χ0n) is 17.6. The number of carbonyl (C=O) groups is 2. The quantitative estimate of drug-likeness (QED) is 0.501. The van der Waals surface area contributed by atoms with Crippen LogP contribution in [0, 0.1) is 6.92 Å². The third-order valence-electron chi connectivity index (χ3n) is 4.50. The molecule has 168 valence electrons. The lowest BCUT2D eigenvalue weighted by atomic mass is 10.2. The fourth-order valence-corrected chi connectivity index (χ4v) is 3.85. The molecule has 32 heavy (non-hydrogen) atoms. The molecule has 3 aromatic rings. The summed E-state index contributed by atoms with van der Waals surface area (Å²) in [7, 11) is -2.57. The summed E-state index contributed by atoms with van der Waals surface area (Å²) in [5, 5.41) is 0. The molecule has 2 N–H and O–H groups in total. The van der Waals surface area contributed by atoms with Crippen LogP contribution in [0.5, 0.6) is 5.75 Å². The Bertz CT molecular complexity index is 1170. The first-order chi connectivity index (χ1) is 15.3. The van der Waals surface area contributed by atoms with Gasteiger partial charge in [0.25, 0.3) is 5.91 Å². The Labute approximate surface area is 186 Å². The van der Waals surface area contributed by atoms with Crippen LogP contribution in [0.2, 0.25) is 0 Å². The number of hydrazine groups is 1. The minimum atomic E-state index is -3.85. The molecule has 0 atom stereocenters. The van der Waals surface area contributed by atoms with Gasteiger partial charge in [-0.25, -0.2) is 8.42 Å². The summed E-state index contributed by atoms with van der Waals surface area (Å²) in [4.78, 5) is 24.6. The number of hydrogen-bond acceptors (Lipinski definition) is 6. The predicted molar refractivity (Wildman–Crippen MR) is 116 cm³/mol. The van der Waals surface area contributed by atoms with E-state index in [4.69, 9.17) is 9.15 Å². The van der Waals surface area contributed by atoms with Crippen molar-refractivity contribution < 1.29 is 27.2 Å². The van der Waals surface area contributed by atoms with Gasteiger partial charge in [-0.1, -0.05) is 35.9 Å². The van der Waals surface area contributed by atoms with Gasteiger partial charge in [0.15, 0.2) is 5.76 Å². The van der Waals surface area contributed by atoms with E-state index in [1.807, 2.05) is 25.1 Å². The molecule has 0 unspecified atom stereocenters. The van der Waals surface area contributed by atoms with Gasteiger partial charge in [-0.2, -0.15) is 4.31 Å². The molecular formula is C22H23N3O6S. The second kappa shape index (κ2) is 10.1. The summed E-state index contributed by atoms with van der Waals surface area (Å²) in [6.07, 6.45) is 1.34. The molecule has 10 heteroatoms. The van der Waals surface area contributed by atoms with Gasteiger partial charge in [0.05, 0.1) is 17.7 Å². The number of nitrogens with zero attached hydrogens (tertiary/aromatic N) is 1. The summed E-state index contributed by atoms with van der Waals surface area (Å²) >= 11 is 0. The van der Waals surface area contributed by atoms with Gasteiger partial charge in [-0.3, -0.25) is 20.4 Å². The van der Waals surface area contributed by atoms with Gasteiger partial charge in [0, 0.05) is 12.6 Å². The number of para-hydroxylation sites is 1. The molecule has 0 saturated heterocycles. The molecule has 0 saturated carbocycles. The number of nitrogens with one attached hydrogen (secondary N) is 2. The highest BCUT2D eigenvalue weighted by atomic mass is 32.2. The largest absolute Gasteiger partial charge is 0.489 e. The Morgan fingerprint density at radius 2 is 1.69 bits per heavy atom. The van der Waals surface area contributed by atoms with Crippen molar-refractivity contribution in [3.8, 4) is 5.75 Å². The van der Waals surface area contributed by atoms with Gasteiger partial charge in [-0.15, -0.1) is 0 Å². The number of furan rings is 1. The van der Waals surface area contributed by atoms with E-state index in [1.54, 1.807) is 30.3 Å². The number of aryl methyl sites for hydroxylation is 1. The van der Waals surface area contributed by atoms with Gasteiger partial charge in [0.2, 0.25) is 10.0 Å². The summed E-state index contributed by atoms with van der Waals surface area (Å²) in [5.41, 5.74) is 5.81. The van der Waals surface area contributed by atoms with Gasteiger partial charge >= 0.3 is 5.91 Å². The molecule has 1 heterocycles. The van der Waals surface area contributed by atoms with Crippen LogP contribution >= 0.6 is 0 Å². The molecule has 0 aliphatic rings. The topological polar surface area (TPSA) is 118 Å². The summed E-state index contributed by atoms with van der Waals surface area (Å²) in [6, 6.07) is 16.9. The first-order valence-corrected chi connectivity index (χ1v) is 11.1. The summed E-state index contributed by atoms with van der Waals surface area (Å²) in [6.45, 7) is 1.45. The zero-order valence-corrected chi connectivity index (χ0v) is 18.4. The third kappa shape index (κ3) is 5.74. The van der Waals surface area contributed by atoms with E-state index in [1.165, 1.54) is 25.4 Å². The SMILES string of the molecule is Cc1ccc(S(=O)(=O)N(C)CC(=O)NNC(=O)c2occc2COc2ccccc2)cc1. The molecule has 0 bridgehead atoms. The van der Waals surface area contributed by atoms with Crippen LogP contribution in [0.4, 0.5) is 0 Å². The van der Waals surface area contributed by atoms with Crippen molar-refractivity contribution in [2.24, 2.45) is 0 Å². The normalized spacial score (nSPS) is 11.2. The Balaban J connectivity index is 1.53. The lowest BCUT2D eigenvalue weighted by molar-refractivity contribution is -0.121. The van der Waals surface area contributed by atoms with Crippen molar-refractivity contribution in [3.63, 3.8) is 0 Å². The fourth-order valence-electron chi connectivity index (χ4n) is 2.73. The van der Waals surface area contributed by atoms with Crippen LogP contribution < -0.4 is 15.6 Å². The molecule has 0 spiro atoms. The number of amides is 2. The molecule has 1 aromatic heterocycles. The molecule has 0 aliphatic carbocycles. The van der Waals surface area contributed by atoms with E-state index < -0.39 is 28.4 Å². The minimum Gasteiger partial charge on any atom is -0.489 e. The molecule has 0 radical (unpaired) electrons. The van der Waals surface area contributed by atoms with Crippen LogP contribution in [0.3, 0.4) is 0 Å². The van der Waals surface area contributed by atoms with Crippen LogP contribution in [0.25, 0.3) is 0 Å². The van der Waals surface area contributed by atoms with Crippen molar-refractivity contribution in [2.45, 2.75) is 18.4 Å². The summed E-state index contributed by atoms with van der Waals surface area (Å²) in [5.74, 6) is -0.808. The number of ether oxygens (including phenoxy) is 1. The number of likely N-dealkylation sites (N-methyl/N-ethyl adjacent to an activating group) is 1. The maximum absolute atomic E-state index is 12.6. The number of benzene rings is 2. The van der Waals surface area contributed by atoms with Crippen LogP contribution in [0.1, 0.15) is 21.7 Å². The molecular weight excluding hydrogens is 434 g/mol. The first-order valence-electron chi connectivity index (χ1n) is 9.64. The minimum absolute atomic E-state index is 0.0261. The van der Waals surface area contributed by atoms with E-state index in [0.717, 1.165) is 9.87 Å². The lowest BCUT2D eigenvalue weighted by Gasteiger charge is -2.17. The average Bonchev–Trinajstić information content (AvgIpc) is 3.26. The van der Waals surface area contributed by atoms with Crippen LogP contribution in [-0.2, 0) is 21.4 Å². The Morgan fingerprint density at radius 3 is 2.38 bits per heavy atom. The Kier molecular flexibility index (Phi) is 7.29. The lowest BCUT2D eigenvalue weighted by Crippen LogP contribution is -2.46. The highest BCUT2D eigenvalue weighted by Crippen LogP contribution is 2.16.